The van der Waals surface area contributed by atoms with Crippen molar-refractivity contribution in [1.82, 2.24) is 5.32 Å². The van der Waals surface area contributed by atoms with Crippen LogP contribution in [0.4, 0.5) is 5.69 Å². The largest absolute Gasteiger partial charge is 0.480 e. The van der Waals surface area contributed by atoms with Gasteiger partial charge < -0.3 is 15.5 Å². The van der Waals surface area contributed by atoms with Gasteiger partial charge in [0.25, 0.3) is 11.6 Å². The zero-order chi connectivity index (χ0) is 15.3. The lowest BCUT2D eigenvalue weighted by Crippen LogP contribution is -2.41. The number of nitro benzene ring substituents is 1. The number of rotatable bonds is 6. The van der Waals surface area contributed by atoms with Crippen LogP contribution in [-0.2, 0) is 4.79 Å². The highest BCUT2D eigenvalue weighted by molar-refractivity contribution is 5.97. The van der Waals surface area contributed by atoms with Crippen LogP contribution in [-0.4, -0.2) is 39.7 Å². The fourth-order valence-electron chi connectivity index (χ4n) is 1.58. The van der Waals surface area contributed by atoms with Crippen LogP contribution in [0, 0.1) is 17.0 Å². The molecule has 0 fully saturated rings. The number of amides is 1. The average molecular weight is 282 g/mol. The maximum absolute atomic E-state index is 11.8. The molecule has 0 aromatic heterocycles. The van der Waals surface area contributed by atoms with Crippen molar-refractivity contribution in [1.29, 1.82) is 0 Å². The molecule has 0 saturated carbocycles. The van der Waals surface area contributed by atoms with Crippen LogP contribution in [0.2, 0.25) is 0 Å². The summed E-state index contributed by atoms with van der Waals surface area (Å²) < 4.78 is 0. The molecule has 0 saturated heterocycles. The topological polar surface area (TPSA) is 130 Å². The third kappa shape index (κ3) is 3.75. The maximum atomic E-state index is 11.8. The summed E-state index contributed by atoms with van der Waals surface area (Å²) in [5.74, 6) is -2.03. The molecule has 0 bridgehead atoms. The summed E-state index contributed by atoms with van der Waals surface area (Å²) in [6, 6.07) is 2.63. The Balaban J connectivity index is 2.95. The Labute approximate surface area is 114 Å². The van der Waals surface area contributed by atoms with Crippen molar-refractivity contribution in [3.05, 3.63) is 39.4 Å². The molecule has 8 nitrogen and oxygen atoms in total. The number of carbonyl (C=O) groups is 2. The fourth-order valence-corrected chi connectivity index (χ4v) is 1.58. The quantitative estimate of drug-likeness (QED) is 0.513. The van der Waals surface area contributed by atoms with Gasteiger partial charge in [0.2, 0.25) is 0 Å². The number of nitro groups is 1. The Hall–Kier alpha value is -2.48. The van der Waals surface area contributed by atoms with Crippen LogP contribution in [0.3, 0.4) is 0 Å². The van der Waals surface area contributed by atoms with E-state index in [1.165, 1.54) is 19.1 Å². The molecule has 0 spiro atoms. The molecule has 1 amide bonds. The number of nitrogens with zero attached hydrogens (tertiary/aromatic N) is 1. The van der Waals surface area contributed by atoms with Gasteiger partial charge in [0.15, 0.2) is 0 Å². The summed E-state index contributed by atoms with van der Waals surface area (Å²) in [5, 5.41) is 30.5. The number of carboxylic acid groups (broad SMARTS) is 1. The minimum atomic E-state index is -1.28. The summed E-state index contributed by atoms with van der Waals surface area (Å²) in [4.78, 5) is 32.9. The van der Waals surface area contributed by atoms with E-state index in [4.69, 9.17) is 10.2 Å². The molecule has 1 rings (SSSR count). The number of carbonyl (C=O) groups excluding carboxylic acids is 1. The molecule has 0 aliphatic rings. The van der Waals surface area contributed by atoms with Crippen LogP contribution in [0.5, 0.6) is 0 Å². The van der Waals surface area contributed by atoms with Gasteiger partial charge in [0.1, 0.15) is 6.04 Å². The summed E-state index contributed by atoms with van der Waals surface area (Å²) in [6.45, 7) is 1.14. The van der Waals surface area contributed by atoms with Crippen molar-refractivity contribution in [2.24, 2.45) is 0 Å². The van der Waals surface area contributed by atoms with E-state index in [2.05, 4.69) is 5.32 Å². The SMILES string of the molecule is Cc1ccc(C(=O)NC(CCO)C(=O)O)cc1[N+](=O)[O-]. The molecule has 1 aromatic carbocycles. The van der Waals surface area contributed by atoms with Crippen molar-refractivity contribution in [2.45, 2.75) is 19.4 Å². The Morgan fingerprint density at radius 1 is 1.45 bits per heavy atom. The zero-order valence-corrected chi connectivity index (χ0v) is 10.7. The van der Waals surface area contributed by atoms with E-state index in [1.54, 1.807) is 0 Å². The second-order valence-corrected chi connectivity index (χ2v) is 4.13. The van der Waals surface area contributed by atoms with Crippen LogP contribution in [0.1, 0.15) is 22.3 Å². The number of aliphatic carboxylic acids is 1. The molecule has 0 radical (unpaired) electrons. The number of benzene rings is 1. The summed E-state index contributed by atoms with van der Waals surface area (Å²) >= 11 is 0. The number of nitrogens with one attached hydrogen (secondary N) is 1. The lowest BCUT2D eigenvalue weighted by Gasteiger charge is -2.13. The van der Waals surface area contributed by atoms with Gasteiger partial charge in [-0.3, -0.25) is 14.9 Å². The van der Waals surface area contributed by atoms with Crippen LogP contribution in [0.25, 0.3) is 0 Å². The van der Waals surface area contributed by atoms with Crippen molar-refractivity contribution in [2.75, 3.05) is 6.61 Å². The van der Waals surface area contributed by atoms with E-state index < -0.39 is 29.4 Å². The standard InChI is InChI=1S/C12H14N2O6/c1-7-2-3-8(6-10(7)14(19)20)11(16)13-9(4-5-15)12(17)18/h2-3,6,9,15H,4-5H2,1H3,(H,13,16)(H,17,18). The number of aliphatic hydroxyl groups excluding tert-OH is 1. The van der Waals surface area contributed by atoms with Gasteiger partial charge in [0.05, 0.1) is 4.92 Å². The Morgan fingerprint density at radius 3 is 2.60 bits per heavy atom. The first-order valence-corrected chi connectivity index (χ1v) is 5.76. The van der Waals surface area contributed by atoms with E-state index in [0.29, 0.717) is 5.56 Å². The fraction of sp³-hybridized carbons (Fsp3) is 0.333. The monoisotopic (exact) mass is 282 g/mol. The number of hydrogen-bond acceptors (Lipinski definition) is 5. The minimum Gasteiger partial charge on any atom is -0.480 e. The Kier molecular flexibility index (Phi) is 5.15. The molecule has 1 unspecified atom stereocenters. The van der Waals surface area contributed by atoms with Crippen molar-refractivity contribution in [3.63, 3.8) is 0 Å². The summed E-state index contributed by atoms with van der Waals surface area (Å²) in [5.41, 5.74) is 0.176. The number of carboxylic acids is 1. The van der Waals surface area contributed by atoms with Gasteiger partial charge in [-0.1, -0.05) is 6.07 Å². The highest BCUT2D eigenvalue weighted by Crippen LogP contribution is 2.19. The molecule has 20 heavy (non-hydrogen) atoms. The average Bonchev–Trinajstić information content (AvgIpc) is 2.38. The van der Waals surface area contributed by atoms with Crippen molar-refractivity contribution in [3.8, 4) is 0 Å². The van der Waals surface area contributed by atoms with E-state index in [1.807, 2.05) is 0 Å². The molecule has 0 aliphatic heterocycles. The minimum absolute atomic E-state index is 0.00788. The van der Waals surface area contributed by atoms with E-state index in [0.717, 1.165) is 6.07 Å². The molecule has 3 N–H and O–H groups in total. The molecule has 0 aliphatic carbocycles. The summed E-state index contributed by atoms with van der Waals surface area (Å²) in [7, 11) is 0. The van der Waals surface area contributed by atoms with Crippen LogP contribution < -0.4 is 5.32 Å². The smallest absolute Gasteiger partial charge is 0.326 e. The van der Waals surface area contributed by atoms with Crippen LogP contribution in [0.15, 0.2) is 18.2 Å². The third-order valence-corrected chi connectivity index (χ3v) is 2.69. The normalized spacial score (nSPS) is 11.7. The second-order valence-electron chi connectivity index (χ2n) is 4.13. The number of aryl methyl sites for hydroxylation is 1. The van der Waals surface area contributed by atoms with Crippen molar-refractivity contribution < 1.29 is 24.7 Å². The van der Waals surface area contributed by atoms with Gasteiger partial charge in [0, 0.05) is 30.2 Å². The van der Waals surface area contributed by atoms with E-state index in [-0.39, 0.29) is 17.7 Å². The molecular formula is C12H14N2O6. The molecule has 8 heteroatoms. The van der Waals surface area contributed by atoms with Gasteiger partial charge in [-0.2, -0.15) is 0 Å². The van der Waals surface area contributed by atoms with Gasteiger partial charge in [-0.25, -0.2) is 4.79 Å². The molecular weight excluding hydrogens is 268 g/mol. The second kappa shape index (κ2) is 6.62. The summed E-state index contributed by atoms with van der Waals surface area (Å²) in [6.07, 6.45) is -0.144. The van der Waals surface area contributed by atoms with Gasteiger partial charge >= 0.3 is 5.97 Å². The maximum Gasteiger partial charge on any atom is 0.326 e. The Bertz CT molecular complexity index is 543. The van der Waals surface area contributed by atoms with Gasteiger partial charge in [-0.15, -0.1) is 0 Å². The highest BCUT2D eigenvalue weighted by Gasteiger charge is 2.21. The molecule has 0 heterocycles. The Morgan fingerprint density at radius 2 is 2.10 bits per heavy atom. The highest BCUT2D eigenvalue weighted by atomic mass is 16.6. The van der Waals surface area contributed by atoms with E-state index >= 15 is 0 Å². The lowest BCUT2D eigenvalue weighted by molar-refractivity contribution is -0.385. The first-order valence-electron chi connectivity index (χ1n) is 5.76. The number of aliphatic hydroxyl groups is 1. The van der Waals surface area contributed by atoms with E-state index in [9.17, 15) is 19.7 Å². The molecule has 1 atom stereocenters. The number of hydrogen-bond donors (Lipinski definition) is 3. The van der Waals surface area contributed by atoms with Crippen molar-refractivity contribution >= 4 is 17.6 Å². The lowest BCUT2D eigenvalue weighted by atomic mass is 10.1. The first kappa shape index (κ1) is 15.6. The predicted molar refractivity (Wildman–Crippen MR) is 68.4 cm³/mol. The first-order chi connectivity index (χ1) is 9.36. The molecule has 108 valence electrons. The predicted octanol–water partition coefficient (Wildman–Crippen LogP) is 0.469. The van der Waals surface area contributed by atoms with Gasteiger partial charge in [-0.05, 0) is 13.0 Å². The van der Waals surface area contributed by atoms with Crippen LogP contribution >= 0.6 is 0 Å². The third-order valence-electron chi connectivity index (χ3n) is 2.69. The molecule has 1 aromatic rings. The zero-order valence-electron chi connectivity index (χ0n) is 10.7.